The maximum Gasteiger partial charge on any atom is 0.348 e. The summed E-state index contributed by atoms with van der Waals surface area (Å²) in [6.07, 6.45) is 0. The average molecular weight is 206 g/mol. The second kappa shape index (κ2) is 3.38. The number of nitrogens with zero attached hydrogens (tertiary/aromatic N) is 1. The van der Waals surface area contributed by atoms with Gasteiger partial charge in [0.2, 0.25) is 0 Å². The van der Waals surface area contributed by atoms with Crippen molar-refractivity contribution in [2.75, 3.05) is 0 Å². The Bertz CT molecular complexity index is 400. The molecule has 1 aromatic rings. The van der Waals surface area contributed by atoms with E-state index in [0.717, 1.165) is 10.3 Å². The van der Waals surface area contributed by atoms with Gasteiger partial charge in [0, 0.05) is 17.8 Å². The van der Waals surface area contributed by atoms with Gasteiger partial charge in [-0.3, -0.25) is 0 Å². The van der Waals surface area contributed by atoms with E-state index in [-0.39, 0.29) is 11.2 Å². The van der Waals surface area contributed by atoms with Crippen molar-refractivity contribution in [2.24, 2.45) is 0 Å². The second-order valence-electron chi connectivity index (χ2n) is 3.23. The molecule has 2 rings (SSSR count). The van der Waals surface area contributed by atoms with Crippen molar-refractivity contribution in [2.45, 2.75) is 13.0 Å². The van der Waals surface area contributed by atoms with Crippen LogP contribution in [0, 0.1) is 5.21 Å². The molecule has 0 bridgehead atoms. The minimum Gasteiger partial charge on any atom is -0.710 e. The first-order valence-electron chi connectivity index (χ1n) is 4.36. The average Bonchev–Trinajstić information content (AvgIpc) is 2.47. The first-order valence-corrected chi connectivity index (χ1v) is 4.77. The highest BCUT2D eigenvalue weighted by molar-refractivity contribution is 7.79. The Morgan fingerprint density at radius 1 is 1.36 bits per heavy atom. The Morgan fingerprint density at radius 3 is 2.50 bits per heavy atom. The number of hydrogen-bond acceptors (Lipinski definition) is 2. The molecule has 0 saturated heterocycles. The van der Waals surface area contributed by atoms with E-state index in [0.29, 0.717) is 5.71 Å². The lowest BCUT2D eigenvalue weighted by molar-refractivity contribution is -0.319. The third-order valence-corrected chi connectivity index (χ3v) is 2.61. The maximum atomic E-state index is 11.4. The Morgan fingerprint density at radius 2 is 2.00 bits per heavy atom. The van der Waals surface area contributed by atoms with Crippen LogP contribution in [0.2, 0.25) is 0 Å². The Hall–Kier alpha value is -1.42. The lowest BCUT2D eigenvalue weighted by atomic mass is 10.0. The predicted molar refractivity (Wildman–Crippen MR) is 59.2 cm³/mol. The van der Waals surface area contributed by atoms with Crippen LogP contribution in [0.25, 0.3) is 0 Å². The fourth-order valence-corrected chi connectivity index (χ4v) is 1.80. The summed E-state index contributed by atoms with van der Waals surface area (Å²) in [4.78, 5) is 0. The van der Waals surface area contributed by atoms with Crippen LogP contribution in [0.15, 0.2) is 30.3 Å². The standard InChI is InChI=1S/C10H10N2OS/c1-7-9(11-10(14)12(7)13)8-5-3-2-4-6-8/h2-6,9H,1H3,(H,11,14). The van der Waals surface area contributed by atoms with Crippen LogP contribution in [0.1, 0.15) is 18.5 Å². The van der Waals surface area contributed by atoms with E-state index in [1.54, 1.807) is 6.92 Å². The highest BCUT2D eigenvalue weighted by atomic mass is 32.1. The molecule has 4 heteroatoms. The first-order chi connectivity index (χ1) is 6.70. The van der Waals surface area contributed by atoms with Gasteiger partial charge in [-0.05, 0) is 6.92 Å². The molecule has 0 aromatic heterocycles. The molecule has 0 aliphatic carbocycles. The van der Waals surface area contributed by atoms with Crippen molar-refractivity contribution >= 4 is 23.0 Å². The van der Waals surface area contributed by atoms with Crippen LogP contribution < -0.4 is 5.32 Å². The highest BCUT2D eigenvalue weighted by Gasteiger charge is 2.31. The van der Waals surface area contributed by atoms with Crippen molar-refractivity contribution < 1.29 is 4.74 Å². The molecule has 1 N–H and O–H groups in total. The van der Waals surface area contributed by atoms with E-state index in [9.17, 15) is 5.21 Å². The number of nitrogens with one attached hydrogen (secondary N) is 1. The van der Waals surface area contributed by atoms with Crippen LogP contribution in [0.3, 0.4) is 0 Å². The molecule has 14 heavy (non-hydrogen) atoms. The number of thiocarbonyl (C=S) groups is 1. The molecular weight excluding hydrogens is 196 g/mol. The summed E-state index contributed by atoms with van der Waals surface area (Å²) in [5.74, 6) is 0. The zero-order valence-electron chi connectivity index (χ0n) is 7.73. The van der Waals surface area contributed by atoms with Crippen LogP contribution in [-0.4, -0.2) is 15.6 Å². The van der Waals surface area contributed by atoms with Crippen LogP contribution in [-0.2, 0) is 0 Å². The molecule has 0 saturated carbocycles. The van der Waals surface area contributed by atoms with Gasteiger partial charge >= 0.3 is 5.11 Å². The van der Waals surface area contributed by atoms with E-state index in [1.807, 2.05) is 30.3 Å². The van der Waals surface area contributed by atoms with Crippen molar-refractivity contribution in [3.63, 3.8) is 0 Å². The van der Waals surface area contributed by atoms with E-state index >= 15 is 0 Å². The molecular formula is C10H10N2OS. The van der Waals surface area contributed by atoms with Gasteiger partial charge in [-0.15, -0.1) is 0 Å². The van der Waals surface area contributed by atoms with Gasteiger partial charge in [-0.1, -0.05) is 30.3 Å². The Labute approximate surface area is 87.6 Å². The van der Waals surface area contributed by atoms with Gasteiger partial charge in [0.05, 0.1) is 0 Å². The summed E-state index contributed by atoms with van der Waals surface area (Å²) in [7, 11) is 0. The molecule has 0 radical (unpaired) electrons. The number of rotatable bonds is 1. The van der Waals surface area contributed by atoms with Crippen molar-refractivity contribution in [1.29, 1.82) is 0 Å². The zero-order valence-corrected chi connectivity index (χ0v) is 8.54. The molecule has 0 amide bonds. The third kappa shape index (κ3) is 1.37. The first kappa shape index (κ1) is 9.15. The monoisotopic (exact) mass is 206 g/mol. The van der Waals surface area contributed by atoms with Gasteiger partial charge < -0.3 is 5.21 Å². The topological polar surface area (TPSA) is 38.1 Å². The normalized spacial score (nSPS) is 21.2. The molecule has 1 aliphatic rings. The molecule has 1 aromatic carbocycles. The van der Waals surface area contributed by atoms with E-state index in [1.165, 1.54) is 0 Å². The molecule has 0 spiro atoms. The van der Waals surface area contributed by atoms with Gasteiger partial charge in [-0.25, -0.2) is 10.1 Å². The number of benzene rings is 1. The predicted octanol–water partition coefficient (Wildman–Crippen LogP) is 1.59. The fraction of sp³-hybridized carbons (Fsp3) is 0.200. The lowest BCUT2D eigenvalue weighted by Crippen LogP contribution is -2.23. The smallest absolute Gasteiger partial charge is 0.348 e. The van der Waals surface area contributed by atoms with Crippen LogP contribution >= 0.6 is 12.2 Å². The lowest BCUT2D eigenvalue weighted by Gasteiger charge is -2.05. The molecule has 0 fully saturated rings. The summed E-state index contributed by atoms with van der Waals surface area (Å²) < 4.78 is 0.771. The largest absolute Gasteiger partial charge is 0.710 e. The van der Waals surface area contributed by atoms with Crippen molar-refractivity contribution in [3.05, 3.63) is 41.1 Å². The molecule has 1 aliphatic heterocycles. The summed E-state index contributed by atoms with van der Waals surface area (Å²) in [6.45, 7) is 1.79. The SMILES string of the molecule is CC1=[N+]([O-])C(=S)NC1c1ccccc1. The van der Waals surface area contributed by atoms with Gasteiger partial charge in [0.1, 0.15) is 5.71 Å². The third-order valence-electron chi connectivity index (χ3n) is 2.32. The zero-order chi connectivity index (χ0) is 10.1. The summed E-state index contributed by atoms with van der Waals surface area (Å²) in [5.41, 5.74) is 1.76. The van der Waals surface area contributed by atoms with Gasteiger partial charge in [0.25, 0.3) is 0 Å². The Kier molecular flexibility index (Phi) is 2.21. The summed E-state index contributed by atoms with van der Waals surface area (Å²) in [6, 6.07) is 9.72. The molecule has 1 atom stereocenters. The quantitative estimate of drug-likeness (QED) is 0.431. The van der Waals surface area contributed by atoms with Gasteiger partial charge in [-0.2, -0.15) is 0 Å². The molecule has 3 nitrogen and oxygen atoms in total. The fourth-order valence-electron chi connectivity index (χ4n) is 1.53. The number of hydrogen-bond donors (Lipinski definition) is 1. The summed E-state index contributed by atoms with van der Waals surface area (Å²) >= 11 is 4.88. The number of hydroxylamine groups is 1. The second-order valence-corrected chi connectivity index (χ2v) is 3.62. The van der Waals surface area contributed by atoms with Crippen LogP contribution in [0.4, 0.5) is 0 Å². The van der Waals surface area contributed by atoms with Gasteiger partial charge in [0.15, 0.2) is 6.04 Å². The Balaban J connectivity index is 2.36. The molecule has 1 heterocycles. The summed E-state index contributed by atoms with van der Waals surface area (Å²) in [5, 5.41) is 14.6. The maximum absolute atomic E-state index is 11.4. The van der Waals surface area contributed by atoms with E-state index in [4.69, 9.17) is 12.2 Å². The minimum atomic E-state index is -0.0683. The molecule has 1 unspecified atom stereocenters. The van der Waals surface area contributed by atoms with Crippen molar-refractivity contribution in [3.8, 4) is 0 Å². The van der Waals surface area contributed by atoms with Crippen molar-refractivity contribution in [1.82, 2.24) is 5.32 Å². The highest BCUT2D eigenvalue weighted by Crippen LogP contribution is 2.18. The van der Waals surface area contributed by atoms with E-state index in [2.05, 4.69) is 5.32 Å². The van der Waals surface area contributed by atoms with E-state index < -0.39 is 0 Å². The molecule has 72 valence electrons. The van der Waals surface area contributed by atoms with Crippen LogP contribution in [0.5, 0.6) is 0 Å². The minimum absolute atomic E-state index is 0.0683.